The predicted molar refractivity (Wildman–Crippen MR) is 50.9 cm³/mol. The molecule has 0 radical (unpaired) electrons. The molecule has 0 aliphatic heterocycles. The molecule has 0 amide bonds. The fourth-order valence-electron chi connectivity index (χ4n) is 1.60. The van der Waals surface area contributed by atoms with Crippen molar-refractivity contribution in [3.8, 4) is 5.75 Å². The van der Waals surface area contributed by atoms with E-state index in [1.54, 1.807) is 0 Å². The maximum atomic E-state index is 11.0. The fraction of sp³-hybridized carbons (Fsp3) is 0.364. The van der Waals surface area contributed by atoms with Gasteiger partial charge >= 0.3 is 0 Å². The van der Waals surface area contributed by atoms with Crippen LogP contribution in [0, 0.1) is 5.92 Å². The van der Waals surface area contributed by atoms with Crippen molar-refractivity contribution in [1.82, 2.24) is 0 Å². The summed E-state index contributed by atoms with van der Waals surface area (Å²) in [6.45, 7) is 2.19. The molecule has 1 aromatic carbocycles. The minimum absolute atomic E-state index is 0.167. The number of hydrogen-bond donors (Lipinski definition) is 1. The molecule has 0 heterocycles. The van der Waals surface area contributed by atoms with E-state index in [1.165, 1.54) is 18.6 Å². The van der Waals surface area contributed by atoms with Gasteiger partial charge in [0.05, 0.1) is 0 Å². The van der Waals surface area contributed by atoms with Crippen LogP contribution in [0.25, 0.3) is 0 Å². The Morgan fingerprint density at radius 3 is 2.54 bits per heavy atom. The highest BCUT2D eigenvalue weighted by atomic mass is 16.3. The second-order valence-corrected chi connectivity index (χ2v) is 3.74. The van der Waals surface area contributed by atoms with Crippen molar-refractivity contribution in [2.75, 3.05) is 0 Å². The Morgan fingerprint density at radius 2 is 1.92 bits per heavy atom. The monoisotopic (exact) mass is 176 g/mol. The summed E-state index contributed by atoms with van der Waals surface area (Å²) in [7, 11) is 0. The van der Waals surface area contributed by atoms with Gasteiger partial charge in [0.15, 0.2) is 5.75 Å². The number of rotatable bonds is 1. The summed E-state index contributed by atoms with van der Waals surface area (Å²) in [5, 5.41) is 9.16. The zero-order valence-corrected chi connectivity index (χ0v) is 7.53. The summed E-state index contributed by atoms with van der Waals surface area (Å²) in [4.78, 5) is 11.0. The van der Waals surface area contributed by atoms with Gasteiger partial charge in [-0.15, -0.1) is 0 Å². The number of aromatic hydroxyl groups is 1. The molecule has 1 aromatic rings. The van der Waals surface area contributed by atoms with E-state index in [9.17, 15) is 4.79 Å². The Kier molecular flexibility index (Phi) is 1.83. The summed E-state index contributed by atoms with van der Waals surface area (Å²) >= 11 is 0. The van der Waals surface area contributed by atoms with Gasteiger partial charge in [0, 0.05) is 0 Å². The molecule has 2 rings (SSSR count). The molecule has 1 aliphatic rings. The zero-order valence-electron chi connectivity index (χ0n) is 7.53. The average molecular weight is 176 g/mol. The first kappa shape index (κ1) is 8.30. The lowest BCUT2D eigenvalue weighted by molar-refractivity contribution is 0.471. The lowest BCUT2D eigenvalue weighted by Gasteiger charge is -1.90. The van der Waals surface area contributed by atoms with Crippen LogP contribution in [0.5, 0.6) is 5.75 Å². The smallest absolute Gasteiger partial charge is 0.220 e. The molecular weight excluding hydrogens is 164 g/mol. The second-order valence-electron chi connectivity index (χ2n) is 3.74. The molecule has 0 spiro atoms. The van der Waals surface area contributed by atoms with Crippen LogP contribution in [-0.2, 0) is 0 Å². The maximum Gasteiger partial charge on any atom is 0.220 e. The highest BCUT2D eigenvalue weighted by Gasteiger charge is 2.33. The lowest BCUT2D eigenvalue weighted by atomic mass is 10.1. The minimum Gasteiger partial charge on any atom is -0.504 e. The van der Waals surface area contributed by atoms with Crippen LogP contribution in [0.15, 0.2) is 29.1 Å². The van der Waals surface area contributed by atoms with Crippen LogP contribution < -0.4 is 5.43 Å². The Balaban J connectivity index is 2.41. The third-order valence-electron chi connectivity index (χ3n) is 2.65. The van der Waals surface area contributed by atoms with Crippen LogP contribution in [-0.4, -0.2) is 5.11 Å². The Hall–Kier alpha value is -1.31. The van der Waals surface area contributed by atoms with Gasteiger partial charge < -0.3 is 5.11 Å². The molecule has 1 N–H and O–H groups in total. The van der Waals surface area contributed by atoms with E-state index in [0.29, 0.717) is 5.92 Å². The minimum atomic E-state index is -0.306. The van der Waals surface area contributed by atoms with E-state index in [4.69, 9.17) is 5.11 Å². The van der Waals surface area contributed by atoms with E-state index in [0.717, 1.165) is 11.5 Å². The van der Waals surface area contributed by atoms with E-state index in [1.807, 2.05) is 12.1 Å². The van der Waals surface area contributed by atoms with Gasteiger partial charge in [-0.25, -0.2) is 0 Å². The van der Waals surface area contributed by atoms with Crippen LogP contribution >= 0.6 is 0 Å². The summed E-state index contributed by atoms with van der Waals surface area (Å²) in [6.07, 6.45) is 1.19. The molecule has 1 aliphatic carbocycles. The molecule has 2 heteroatoms. The van der Waals surface area contributed by atoms with Gasteiger partial charge in [0.25, 0.3) is 0 Å². The fourth-order valence-corrected chi connectivity index (χ4v) is 1.60. The quantitative estimate of drug-likeness (QED) is 0.709. The van der Waals surface area contributed by atoms with Crippen molar-refractivity contribution < 1.29 is 5.11 Å². The maximum absolute atomic E-state index is 11.0. The van der Waals surface area contributed by atoms with Gasteiger partial charge in [-0.05, 0) is 36.0 Å². The summed E-state index contributed by atoms with van der Waals surface area (Å²) in [6, 6.07) is 6.58. The molecule has 2 atom stereocenters. The van der Waals surface area contributed by atoms with E-state index >= 15 is 0 Å². The standard InChI is InChI=1S/C11H12O2/c1-7-6-9(7)8-2-4-10(12)11(13)5-3-8/h2-5,7,9H,6H2,1H3,(H,12,13)/t7-,9+/m1/s1. The first-order valence-corrected chi connectivity index (χ1v) is 4.51. The third kappa shape index (κ3) is 1.57. The van der Waals surface area contributed by atoms with E-state index < -0.39 is 0 Å². The second kappa shape index (κ2) is 2.87. The van der Waals surface area contributed by atoms with Crippen molar-refractivity contribution in [2.45, 2.75) is 19.3 Å². The number of hydrogen-bond acceptors (Lipinski definition) is 2. The Morgan fingerprint density at radius 1 is 1.31 bits per heavy atom. The SMILES string of the molecule is C[C@@H]1C[C@@H]1c1ccc(O)c(=O)cc1. The van der Waals surface area contributed by atoms with Crippen molar-refractivity contribution in [3.05, 3.63) is 40.1 Å². The average Bonchev–Trinajstić information content (AvgIpc) is 2.82. The topological polar surface area (TPSA) is 37.3 Å². The van der Waals surface area contributed by atoms with Crippen molar-refractivity contribution in [3.63, 3.8) is 0 Å². The third-order valence-corrected chi connectivity index (χ3v) is 2.65. The lowest BCUT2D eigenvalue weighted by Crippen LogP contribution is -1.91. The molecule has 0 bridgehead atoms. The molecule has 1 saturated carbocycles. The molecule has 2 nitrogen and oxygen atoms in total. The van der Waals surface area contributed by atoms with Crippen LogP contribution in [0.4, 0.5) is 0 Å². The largest absolute Gasteiger partial charge is 0.504 e. The molecule has 1 fully saturated rings. The molecule has 68 valence electrons. The van der Waals surface area contributed by atoms with Gasteiger partial charge in [-0.2, -0.15) is 0 Å². The summed E-state index contributed by atoms with van der Waals surface area (Å²) in [5.41, 5.74) is 0.851. The Bertz CT molecular complexity index is 384. The molecular formula is C11H12O2. The first-order chi connectivity index (χ1) is 6.18. The van der Waals surface area contributed by atoms with Gasteiger partial charge in [0.2, 0.25) is 5.43 Å². The van der Waals surface area contributed by atoms with Crippen LogP contribution in [0.3, 0.4) is 0 Å². The van der Waals surface area contributed by atoms with E-state index in [2.05, 4.69) is 6.92 Å². The molecule has 0 saturated heterocycles. The van der Waals surface area contributed by atoms with Crippen molar-refractivity contribution in [2.24, 2.45) is 5.92 Å². The van der Waals surface area contributed by atoms with Gasteiger partial charge in [-0.1, -0.05) is 19.1 Å². The zero-order chi connectivity index (χ0) is 9.42. The Labute approximate surface area is 76.9 Å². The van der Waals surface area contributed by atoms with Gasteiger partial charge in [-0.3, -0.25) is 4.79 Å². The molecule has 0 aromatic heterocycles. The van der Waals surface area contributed by atoms with Crippen LogP contribution in [0.1, 0.15) is 24.8 Å². The molecule has 0 unspecified atom stereocenters. The molecule has 13 heavy (non-hydrogen) atoms. The van der Waals surface area contributed by atoms with Gasteiger partial charge in [0.1, 0.15) is 0 Å². The van der Waals surface area contributed by atoms with Crippen molar-refractivity contribution >= 4 is 0 Å². The highest BCUT2D eigenvalue weighted by molar-refractivity contribution is 5.29. The normalized spacial score (nSPS) is 25.6. The van der Waals surface area contributed by atoms with E-state index in [-0.39, 0.29) is 11.2 Å². The van der Waals surface area contributed by atoms with Crippen molar-refractivity contribution in [1.29, 1.82) is 0 Å². The summed E-state index contributed by atoms with van der Waals surface area (Å²) in [5.74, 6) is 1.14. The first-order valence-electron chi connectivity index (χ1n) is 4.51. The summed E-state index contributed by atoms with van der Waals surface area (Å²) < 4.78 is 0. The predicted octanol–water partition coefficient (Wildman–Crippen LogP) is 1.88. The van der Waals surface area contributed by atoms with Crippen LogP contribution in [0.2, 0.25) is 0 Å². The highest BCUT2D eigenvalue weighted by Crippen LogP contribution is 2.46.